The van der Waals surface area contributed by atoms with Gasteiger partial charge in [-0.3, -0.25) is 4.98 Å². The topological polar surface area (TPSA) is 34.1 Å². The van der Waals surface area contributed by atoms with E-state index in [-0.39, 0.29) is 0 Å². The van der Waals surface area contributed by atoms with E-state index in [1.807, 2.05) is 13.1 Å². The third-order valence-corrected chi connectivity index (χ3v) is 3.83. The lowest BCUT2D eigenvalue weighted by atomic mass is 9.93. The van der Waals surface area contributed by atoms with Gasteiger partial charge in [0.25, 0.3) is 0 Å². The maximum Gasteiger partial charge on any atom is 0.0469 e. The summed E-state index contributed by atoms with van der Waals surface area (Å²) < 4.78 is 5.40. The summed E-state index contributed by atoms with van der Waals surface area (Å²) in [6.07, 6.45) is 5.43. The molecule has 3 nitrogen and oxygen atoms in total. The number of nitrogens with zero attached hydrogens (tertiary/aromatic N) is 1. The summed E-state index contributed by atoms with van der Waals surface area (Å²) in [5.41, 5.74) is 2.40. The Balaban J connectivity index is 1.69. The molecule has 1 saturated heterocycles. The standard InChI is InChI=1S/C15H24N2O/c1-12-3-4-14(11-17-12)5-8-16-13(2)15-6-9-18-10-7-15/h3-4,11,13,15-16H,5-10H2,1-2H3. The van der Waals surface area contributed by atoms with Crippen molar-refractivity contribution >= 4 is 0 Å². The van der Waals surface area contributed by atoms with E-state index in [0.29, 0.717) is 6.04 Å². The van der Waals surface area contributed by atoms with E-state index in [2.05, 4.69) is 29.4 Å². The Morgan fingerprint density at radius 3 is 2.83 bits per heavy atom. The van der Waals surface area contributed by atoms with Crippen LogP contribution in [-0.4, -0.2) is 30.8 Å². The summed E-state index contributed by atoms with van der Waals surface area (Å²) in [5, 5.41) is 3.63. The second-order valence-corrected chi connectivity index (χ2v) is 5.25. The van der Waals surface area contributed by atoms with Gasteiger partial charge in [0.2, 0.25) is 0 Å². The number of hydrogen-bond acceptors (Lipinski definition) is 3. The van der Waals surface area contributed by atoms with Crippen molar-refractivity contribution in [2.45, 2.75) is 39.2 Å². The molecular formula is C15H24N2O. The molecule has 100 valence electrons. The molecule has 2 rings (SSSR count). The minimum atomic E-state index is 0.590. The Labute approximate surface area is 110 Å². The number of nitrogens with one attached hydrogen (secondary N) is 1. The number of aromatic nitrogens is 1. The largest absolute Gasteiger partial charge is 0.381 e. The maximum absolute atomic E-state index is 5.40. The van der Waals surface area contributed by atoms with Crippen LogP contribution in [0.5, 0.6) is 0 Å². The molecule has 1 aromatic rings. The molecule has 0 amide bonds. The summed E-state index contributed by atoms with van der Waals surface area (Å²) in [6.45, 7) is 7.21. The fourth-order valence-electron chi connectivity index (χ4n) is 2.47. The van der Waals surface area contributed by atoms with Gasteiger partial charge in [-0.15, -0.1) is 0 Å². The van der Waals surface area contributed by atoms with Crippen molar-refractivity contribution < 1.29 is 4.74 Å². The predicted octanol–water partition coefficient (Wildman–Crippen LogP) is 2.34. The van der Waals surface area contributed by atoms with Crippen LogP contribution in [0.2, 0.25) is 0 Å². The zero-order valence-electron chi connectivity index (χ0n) is 11.5. The Hall–Kier alpha value is -0.930. The van der Waals surface area contributed by atoms with E-state index < -0.39 is 0 Å². The van der Waals surface area contributed by atoms with Gasteiger partial charge in [-0.2, -0.15) is 0 Å². The normalized spacial score (nSPS) is 18.8. The molecule has 2 heterocycles. The van der Waals surface area contributed by atoms with Gasteiger partial charge < -0.3 is 10.1 Å². The molecule has 1 fully saturated rings. The molecule has 3 heteroatoms. The van der Waals surface area contributed by atoms with Crippen molar-refractivity contribution in [3.05, 3.63) is 29.6 Å². The summed E-state index contributed by atoms with van der Waals surface area (Å²) >= 11 is 0. The summed E-state index contributed by atoms with van der Waals surface area (Å²) in [4.78, 5) is 4.32. The Kier molecular flexibility index (Phi) is 5.14. The molecule has 0 saturated carbocycles. The molecular weight excluding hydrogens is 224 g/mol. The smallest absolute Gasteiger partial charge is 0.0469 e. The molecule has 1 N–H and O–H groups in total. The Morgan fingerprint density at radius 1 is 1.39 bits per heavy atom. The van der Waals surface area contributed by atoms with E-state index in [1.165, 1.54) is 18.4 Å². The van der Waals surface area contributed by atoms with Gasteiger partial charge in [0.1, 0.15) is 0 Å². The Morgan fingerprint density at radius 2 is 2.17 bits per heavy atom. The molecule has 18 heavy (non-hydrogen) atoms. The number of aryl methyl sites for hydroxylation is 1. The lowest BCUT2D eigenvalue weighted by molar-refractivity contribution is 0.0561. The van der Waals surface area contributed by atoms with Gasteiger partial charge in [0.05, 0.1) is 0 Å². The minimum absolute atomic E-state index is 0.590. The van der Waals surface area contributed by atoms with E-state index >= 15 is 0 Å². The van der Waals surface area contributed by atoms with Crippen LogP contribution in [0.3, 0.4) is 0 Å². The van der Waals surface area contributed by atoms with E-state index in [1.54, 1.807) is 0 Å². The molecule has 0 bridgehead atoms. The average molecular weight is 248 g/mol. The van der Waals surface area contributed by atoms with Gasteiger partial charge in [0, 0.05) is 31.1 Å². The third-order valence-electron chi connectivity index (χ3n) is 3.83. The van der Waals surface area contributed by atoms with Crippen molar-refractivity contribution in [1.29, 1.82) is 0 Å². The molecule has 1 aliphatic heterocycles. The first-order chi connectivity index (χ1) is 8.75. The second kappa shape index (κ2) is 6.86. The van der Waals surface area contributed by atoms with Crippen LogP contribution in [0.25, 0.3) is 0 Å². The second-order valence-electron chi connectivity index (χ2n) is 5.25. The first kappa shape index (κ1) is 13.5. The maximum atomic E-state index is 5.40. The van der Waals surface area contributed by atoms with Gasteiger partial charge in [-0.1, -0.05) is 6.07 Å². The quantitative estimate of drug-likeness (QED) is 0.868. The van der Waals surface area contributed by atoms with E-state index in [9.17, 15) is 0 Å². The van der Waals surface area contributed by atoms with Gasteiger partial charge in [0.15, 0.2) is 0 Å². The summed E-state index contributed by atoms with van der Waals surface area (Å²) in [6, 6.07) is 4.84. The third kappa shape index (κ3) is 4.07. The first-order valence-corrected chi connectivity index (χ1v) is 6.98. The molecule has 0 spiro atoms. The van der Waals surface area contributed by atoms with Gasteiger partial charge >= 0.3 is 0 Å². The van der Waals surface area contributed by atoms with Crippen molar-refractivity contribution in [3.8, 4) is 0 Å². The van der Waals surface area contributed by atoms with E-state index in [4.69, 9.17) is 4.74 Å². The molecule has 1 atom stereocenters. The van der Waals surface area contributed by atoms with Crippen LogP contribution >= 0.6 is 0 Å². The monoisotopic (exact) mass is 248 g/mol. The van der Waals surface area contributed by atoms with Crippen LogP contribution in [0.4, 0.5) is 0 Å². The van der Waals surface area contributed by atoms with E-state index in [0.717, 1.165) is 37.8 Å². The fraction of sp³-hybridized carbons (Fsp3) is 0.667. The lowest BCUT2D eigenvalue weighted by Gasteiger charge is -2.28. The van der Waals surface area contributed by atoms with Crippen molar-refractivity contribution in [2.75, 3.05) is 19.8 Å². The average Bonchev–Trinajstić information content (AvgIpc) is 2.42. The fourth-order valence-corrected chi connectivity index (χ4v) is 2.47. The zero-order chi connectivity index (χ0) is 12.8. The summed E-state index contributed by atoms with van der Waals surface area (Å²) in [5.74, 6) is 0.773. The van der Waals surface area contributed by atoms with Crippen LogP contribution < -0.4 is 5.32 Å². The highest BCUT2D eigenvalue weighted by Crippen LogP contribution is 2.18. The number of ether oxygens (including phenoxy) is 1. The van der Waals surface area contributed by atoms with Crippen LogP contribution in [0, 0.1) is 12.8 Å². The predicted molar refractivity (Wildman–Crippen MR) is 73.7 cm³/mol. The molecule has 0 aliphatic carbocycles. The number of pyridine rings is 1. The highest BCUT2D eigenvalue weighted by molar-refractivity contribution is 5.13. The summed E-state index contributed by atoms with van der Waals surface area (Å²) in [7, 11) is 0. The van der Waals surface area contributed by atoms with Crippen LogP contribution in [-0.2, 0) is 11.2 Å². The van der Waals surface area contributed by atoms with Crippen LogP contribution in [0.1, 0.15) is 31.0 Å². The van der Waals surface area contributed by atoms with Crippen molar-refractivity contribution in [1.82, 2.24) is 10.3 Å². The lowest BCUT2D eigenvalue weighted by Crippen LogP contribution is -2.37. The zero-order valence-corrected chi connectivity index (χ0v) is 11.5. The minimum Gasteiger partial charge on any atom is -0.381 e. The molecule has 0 aromatic carbocycles. The van der Waals surface area contributed by atoms with Crippen molar-refractivity contribution in [3.63, 3.8) is 0 Å². The molecule has 1 aromatic heterocycles. The van der Waals surface area contributed by atoms with Gasteiger partial charge in [-0.25, -0.2) is 0 Å². The first-order valence-electron chi connectivity index (χ1n) is 6.98. The SMILES string of the molecule is Cc1ccc(CCNC(C)C2CCOCC2)cn1. The molecule has 0 radical (unpaired) electrons. The van der Waals surface area contributed by atoms with Crippen LogP contribution in [0.15, 0.2) is 18.3 Å². The molecule has 1 aliphatic rings. The number of hydrogen-bond donors (Lipinski definition) is 1. The Bertz CT molecular complexity index is 344. The highest BCUT2D eigenvalue weighted by atomic mass is 16.5. The highest BCUT2D eigenvalue weighted by Gasteiger charge is 2.19. The van der Waals surface area contributed by atoms with Crippen molar-refractivity contribution in [2.24, 2.45) is 5.92 Å². The van der Waals surface area contributed by atoms with Gasteiger partial charge in [-0.05, 0) is 57.2 Å². The number of rotatable bonds is 5. The molecule has 1 unspecified atom stereocenters.